The van der Waals surface area contributed by atoms with E-state index < -0.39 is 47.8 Å². The van der Waals surface area contributed by atoms with Crippen LogP contribution in [0.3, 0.4) is 0 Å². The summed E-state index contributed by atoms with van der Waals surface area (Å²) < 4.78 is 34.5. The number of rotatable bonds is 15. The van der Waals surface area contributed by atoms with Crippen LogP contribution in [0.1, 0.15) is 44.6 Å². The lowest BCUT2D eigenvalue weighted by Gasteiger charge is -2.63. The number of ether oxygens (including phenoxy) is 6. The largest absolute Gasteiger partial charge is 0.497 e. The van der Waals surface area contributed by atoms with Crippen LogP contribution in [0.5, 0.6) is 23.0 Å². The molecular formula is C49H58N2O9P+. The molecule has 0 unspecified atom stereocenters. The lowest BCUT2D eigenvalue weighted by molar-refractivity contribution is -0.229. The van der Waals surface area contributed by atoms with E-state index in [4.69, 9.17) is 28.4 Å². The molecule has 2 fully saturated rings. The van der Waals surface area contributed by atoms with E-state index >= 15 is 0 Å². The first-order valence-electron chi connectivity index (χ1n) is 21.2. The molecule has 0 radical (unpaired) electrons. The van der Waals surface area contributed by atoms with Crippen LogP contribution in [-0.2, 0) is 24.5 Å². The molecule has 61 heavy (non-hydrogen) atoms. The van der Waals surface area contributed by atoms with Crippen molar-refractivity contribution in [1.29, 1.82) is 0 Å². The van der Waals surface area contributed by atoms with Crippen molar-refractivity contribution in [3.05, 3.63) is 109 Å². The average Bonchev–Trinajstić information content (AvgIpc) is 3.82. The molecule has 1 saturated carbocycles. The minimum absolute atomic E-state index is 0.0998. The molecule has 11 nitrogen and oxygen atoms in total. The number of hydrogen-bond donors (Lipinski definition) is 1. The molecule has 4 aromatic carbocycles. The highest BCUT2D eigenvalue weighted by molar-refractivity contribution is 7.95. The number of benzene rings is 4. The number of aliphatic hydroxyl groups is 1. The fraction of sp³-hybridized carbons (Fsp3) is 0.429. The Hall–Kier alpha value is -5.09. The van der Waals surface area contributed by atoms with E-state index in [0.717, 1.165) is 54.2 Å². The number of carbonyl (C=O) groups is 2. The molecule has 0 aromatic heterocycles. The molecule has 0 bridgehead atoms. The Morgan fingerprint density at radius 2 is 1.30 bits per heavy atom. The molecule has 3 aliphatic heterocycles. The number of carbonyl (C=O) groups excluding carboxylic acids is 2. The van der Waals surface area contributed by atoms with Gasteiger partial charge < -0.3 is 38.4 Å². The number of anilines is 1. The number of hydrogen-bond acceptors (Lipinski definition) is 11. The van der Waals surface area contributed by atoms with Crippen molar-refractivity contribution in [3.8, 4) is 23.0 Å². The van der Waals surface area contributed by atoms with Gasteiger partial charge in [-0.2, -0.15) is 0 Å². The summed E-state index contributed by atoms with van der Waals surface area (Å²) in [7, 11) is 7.51. The summed E-state index contributed by atoms with van der Waals surface area (Å²) in [6, 6.07) is 30.0. The van der Waals surface area contributed by atoms with E-state index in [0.29, 0.717) is 25.0 Å². The molecule has 3 heterocycles. The third kappa shape index (κ3) is 6.49. The lowest BCUT2D eigenvalue weighted by Crippen LogP contribution is -2.81. The second-order valence-electron chi connectivity index (χ2n) is 16.7. The standard InChI is InChI=1S/C49H58N2O9P/c1-8-47-27-11-29-51-30-28-48(43(47)51)40-26-19-36(58-6)32-41(40)50(2)44(48)49(54,46(53)59-7)45(47)60-42(52)12-9-10-31-61(37-20-13-33(55-3)14-21-37,38-22-15-34(56-4)16-23-38)39-24-17-35(57-5)18-25-39/h11,13-27,32,43-45,54H,8-10,12,28-31H2,1-7H3/q+1/t43-,44+,45+,47+,48+,49-/m0/s1. The Bertz CT molecular complexity index is 2150. The summed E-state index contributed by atoms with van der Waals surface area (Å²) in [6.07, 6.45) is 6.33. The molecule has 1 N–H and O–H groups in total. The first kappa shape index (κ1) is 42.6. The maximum atomic E-state index is 14.5. The molecule has 8 rings (SSSR count). The van der Waals surface area contributed by atoms with Gasteiger partial charge in [-0.15, -0.1) is 0 Å². The van der Waals surface area contributed by atoms with Gasteiger partial charge in [0.25, 0.3) is 0 Å². The van der Waals surface area contributed by atoms with Gasteiger partial charge in [0.15, 0.2) is 6.10 Å². The van der Waals surface area contributed by atoms with Crippen LogP contribution in [0.4, 0.5) is 5.69 Å². The van der Waals surface area contributed by atoms with Gasteiger partial charge >= 0.3 is 11.9 Å². The van der Waals surface area contributed by atoms with Crippen molar-refractivity contribution in [2.45, 2.75) is 68.2 Å². The minimum atomic E-state index is -2.32. The highest BCUT2D eigenvalue weighted by Crippen LogP contribution is 2.67. The second-order valence-corrected chi connectivity index (χ2v) is 20.3. The summed E-state index contributed by atoms with van der Waals surface area (Å²) in [5, 5.41) is 16.8. The third-order valence-electron chi connectivity index (χ3n) is 14.2. The molecule has 0 amide bonds. The zero-order chi connectivity index (χ0) is 43.2. The maximum Gasteiger partial charge on any atom is 0.344 e. The van der Waals surface area contributed by atoms with Gasteiger partial charge in [-0.05, 0) is 117 Å². The Morgan fingerprint density at radius 1 is 0.754 bits per heavy atom. The molecule has 1 saturated heterocycles. The predicted molar refractivity (Wildman–Crippen MR) is 239 cm³/mol. The van der Waals surface area contributed by atoms with Crippen LogP contribution < -0.4 is 39.8 Å². The number of unbranched alkanes of at least 4 members (excludes halogenated alkanes) is 1. The zero-order valence-corrected chi connectivity index (χ0v) is 37.2. The summed E-state index contributed by atoms with van der Waals surface area (Å²) in [5.74, 6) is 1.73. The van der Waals surface area contributed by atoms with E-state index in [1.165, 1.54) is 23.0 Å². The highest BCUT2D eigenvalue weighted by atomic mass is 31.2. The number of likely N-dealkylation sites (N-methyl/N-ethyl adjacent to an activating group) is 1. The van der Waals surface area contributed by atoms with Crippen molar-refractivity contribution in [3.63, 3.8) is 0 Å². The Morgan fingerprint density at radius 3 is 1.80 bits per heavy atom. The summed E-state index contributed by atoms with van der Waals surface area (Å²) in [4.78, 5) is 33.3. The number of esters is 2. The normalized spacial score (nSPS) is 26.2. The van der Waals surface area contributed by atoms with Gasteiger partial charge in [0.05, 0.1) is 47.8 Å². The first-order valence-corrected chi connectivity index (χ1v) is 23.1. The second kappa shape index (κ2) is 16.6. The fourth-order valence-corrected chi connectivity index (χ4v) is 16.0. The molecule has 322 valence electrons. The van der Waals surface area contributed by atoms with Gasteiger partial charge in [0, 0.05) is 48.6 Å². The monoisotopic (exact) mass is 849 g/mol. The van der Waals surface area contributed by atoms with Crippen molar-refractivity contribution in [2.75, 3.05) is 66.7 Å². The van der Waals surface area contributed by atoms with Gasteiger partial charge in [-0.1, -0.05) is 25.1 Å². The Balaban J connectivity index is 1.13. The van der Waals surface area contributed by atoms with Crippen molar-refractivity contribution in [2.24, 2.45) is 5.41 Å². The third-order valence-corrected chi connectivity index (χ3v) is 18.8. The number of methoxy groups -OCH3 is 5. The fourth-order valence-electron chi connectivity index (χ4n) is 11.7. The van der Waals surface area contributed by atoms with E-state index in [-0.39, 0.29) is 12.5 Å². The van der Waals surface area contributed by atoms with Crippen molar-refractivity contribution < 1.29 is 43.1 Å². The molecule has 6 atom stereocenters. The topological polar surface area (TPSA) is 116 Å². The van der Waals surface area contributed by atoms with E-state index in [2.05, 4.69) is 66.4 Å². The number of fused-ring (bicyclic) bond motifs is 1. The van der Waals surface area contributed by atoms with Crippen LogP contribution in [0, 0.1) is 5.41 Å². The van der Waals surface area contributed by atoms with E-state index in [1.807, 2.05) is 60.5 Å². The van der Waals surface area contributed by atoms with Crippen LogP contribution in [-0.4, -0.2) is 108 Å². The summed E-state index contributed by atoms with van der Waals surface area (Å²) in [5.41, 5.74) is -1.79. The van der Waals surface area contributed by atoms with Gasteiger partial charge in [-0.3, -0.25) is 9.69 Å². The molecule has 12 heteroatoms. The van der Waals surface area contributed by atoms with Crippen molar-refractivity contribution in [1.82, 2.24) is 4.90 Å². The highest BCUT2D eigenvalue weighted by Gasteiger charge is 2.80. The van der Waals surface area contributed by atoms with E-state index in [9.17, 15) is 14.7 Å². The molecule has 4 aromatic rings. The molecule has 1 spiro atoms. The van der Waals surface area contributed by atoms with Crippen molar-refractivity contribution >= 4 is 40.8 Å². The molecule has 1 aliphatic carbocycles. The smallest absolute Gasteiger partial charge is 0.344 e. The minimum Gasteiger partial charge on any atom is -0.497 e. The van der Waals surface area contributed by atoms with E-state index in [1.54, 1.807) is 28.4 Å². The predicted octanol–water partition coefficient (Wildman–Crippen LogP) is 5.81. The average molecular weight is 850 g/mol. The van der Waals surface area contributed by atoms with Gasteiger partial charge in [0.1, 0.15) is 46.2 Å². The number of nitrogens with zero attached hydrogens (tertiary/aromatic N) is 2. The summed E-state index contributed by atoms with van der Waals surface area (Å²) >= 11 is 0. The summed E-state index contributed by atoms with van der Waals surface area (Å²) in [6.45, 7) is 3.56. The zero-order valence-electron chi connectivity index (χ0n) is 36.3. The Kier molecular flexibility index (Phi) is 11.6. The van der Waals surface area contributed by atoms with Crippen LogP contribution in [0.2, 0.25) is 0 Å². The quantitative estimate of drug-likeness (QED) is 0.0677. The first-order chi connectivity index (χ1) is 29.5. The molecule has 4 aliphatic rings. The van der Waals surface area contributed by atoms with Gasteiger partial charge in [0.2, 0.25) is 5.60 Å². The molecular weight excluding hydrogens is 792 g/mol. The van der Waals surface area contributed by atoms with Gasteiger partial charge in [-0.25, -0.2) is 4.79 Å². The van der Waals surface area contributed by atoms with Crippen LogP contribution in [0.15, 0.2) is 103 Å². The Labute approximate surface area is 359 Å². The lowest BCUT2D eigenvalue weighted by atomic mass is 9.47. The SMILES string of the molecule is CC[C@]12C=CCN3CC[C@@]4(c5ccc(OC)cc5N(C)[C@H]4[C@@](O)(C(=O)OC)[C@@H]1OC(=O)CCCC[P+](c1ccc(OC)cc1)(c1ccc(OC)cc1)c1ccc(OC)cc1)[C@@H]32. The van der Waals surface area contributed by atoms with Crippen LogP contribution >= 0.6 is 7.26 Å². The maximum absolute atomic E-state index is 14.5. The van der Waals surface area contributed by atoms with Crippen LogP contribution in [0.25, 0.3) is 0 Å².